The summed E-state index contributed by atoms with van der Waals surface area (Å²) < 4.78 is 20.6. The first-order valence-corrected chi connectivity index (χ1v) is 12.5. The van der Waals surface area contributed by atoms with Crippen molar-refractivity contribution >= 4 is 10.8 Å². The lowest BCUT2D eigenvalue weighted by Crippen LogP contribution is -2.28. The summed E-state index contributed by atoms with van der Waals surface area (Å²) in [4.78, 5) is 13.2. The van der Waals surface area contributed by atoms with Gasteiger partial charge in [-0.3, -0.25) is 4.79 Å². The van der Waals surface area contributed by atoms with Gasteiger partial charge in [0.2, 0.25) is 5.43 Å². The fourth-order valence-corrected chi connectivity index (χ4v) is 4.66. The van der Waals surface area contributed by atoms with Crippen LogP contribution in [0.5, 0.6) is 5.75 Å². The van der Waals surface area contributed by atoms with E-state index in [9.17, 15) is 9.90 Å². The Labute approximate surface area is 210 Å². The normalized spacial score (nSPS) is 16.6. The number of nitrogens with zero attached hydrogens (tertiary/aromatic N) is 1. The number of aliphatic hydroxyl groups excluding tert-OH is 1. The van der Waals surface area contributed by atoms with Gasteiger partial charge in [0.15, 0.2) is 12.0 Å². The summed E-state index contributed by atoms with van der Waals surface area (Å²) in [5.41, 5.74) is 2.20. The molecule has 1 aliphatic rings. The smallest absolute Gasteiger partial charge is 0.223 e. The van der Waals surface area contributed by atoms with Gasteiger partial charge in [0, 0.05) is 25.4 Å². The Bertz CT molecular complexity index is 1340. The van der Waals surface area contributed by atoms with E-state index in [4.69, 9.17) is 14.2 Å². The van der Waals surface area contributed by atoms with E-state index in [0.29, 0.717) is 18.8 Å². The molecular weight excluding hydrogens is 454 g/mol. The molecule has 1 fully saturated rings. The highest BCUT2D eigenvalue weighted by Gasteiger charge is 2.29. The molecule has 0 radical (unpaired) electrons. The van der Waals surface area contributed by atoms with E-state index in [1.165, 1.54) is 6.07 Å². The molecule has 0 saturated carbocycles. The largest absolute Gasteiger partial charge is 0.483 e. The van der Waals surface area contributed by atoms with Crippen molar-refractivity contribution in [2.75, 3.05) is 13.2 Å². The Hall–Kier alpha value is -3.45. The summed E-state index contributed by atoms with van der Waals surface area (Å²) >= 11 is 0. The monoisotopic (exact) mass is 485 g/mol. The van der Waals surface area contributed by atoms with Gasteiger partial charge in [-0.1, -0.05) is 66.7 Å². The van der Waals surface area contributed by atoms with Crippen molar-refractivity contribution in [1.82, 2.24) is 4.57 Å². The summed E-state index contributed by atoms with van der Waals surface area (Å²) in [5.74, 6) is 0.226. The summed E-state index contributed by atoms with van der Waals surface area (Å²) in [5, 5.41) is 12.0. The zero-order chi connectivity index (χ0) is 24.7. The molecule has 1 saturated heterocycles. The van der Waals surface area contributed by atoms with Gasteiger partial charge in [0.05, 0.1) is 12.3 Å². The van der Waals surface area contributed by atoms with Crippen LogP contribution in [0, 0.1) is 0 Å². The number of fused-ring (bicyclic) bond motifs is 1. The Kier molecular flexibility index (Phi) is 7.76. The molecule has 186 valence electrons. The number of hydrogen-bond donors (Lipinski definition) is 1. The number of benzene rings is 3. The number of hydrogen-bond acceptors (Lipinski definition) is 5. The van der Waals surface area contributed by atoms with E-state index in [0.717, 1.165) is 41.2 Å². The zero-order valence-corrected chi connectivity index (χ0v) is 20.2. The van der Waals surface area contributed by atoms with Crippen LogP contribution in [0.2, 0.25) is 0 Å². The quantitative estimate of drug-likeness (QED) is 0.353. The third kappa shape index (κ3) is 5.51. The van der Waals surface area contributed by atoms with Crippen molar-refractivity contribution in [1.29, 1.82) is 0 Å². The Balaban J connectivity index is 1.62. The molecule has 0 amide bonds. The van der Waals surface area contributed by atoms with Gasteiger partial charge in [-0.15, -0.1) is 0 Å². The van der Waals surface area contributed by atoms with Gasteiger partial charge in [-0.25, -0.2) is 0 Å². The number of aliphatic hydroxyl groups is 1. The topological polar surface area (TPSA) is 69.9 Å². The van der Waals surface area contributed by atoms with Crippen LogP contribution >= 0.6 is 0 Å². The molecule has 0 bridgehead atoms. The number of pyridine rings is 1. The molecule has 2 unspecified atom stereocenters. The molecule has 0 spiro atoms. The number of rotatable bonds is 9. The minimum absolute atomic E-state index is 0.0850. The Morgan fingerprint density at radius 1 is 0.972 bits per heavy atom. The SMILES string of the molecule is O=c1ccn(CCO)c(C(OC2CCCCO2)c2ccc3ccccc3c2)c1OCc1ccccc1. The first-order valence-electron chi connectivity index (χ1n) is 12.5. The average Bonchev–Trinajstić information content (AvgIpc) is 2.93. The van der Waals surface area contributed by atoms with Crippen molar-refractivity contribution in [2.45, 2.75) is 44.8 Å². The highest BCUT2D eigenvalue weighted by molar-refractivity contribution is 5.83. The second kappa shape index (κ2) is 11.5. The molecular formula is C30H31NO5. The molecule has 2 atom stereocenters. The summed E-state index contributed by atoms with van der Waals surface area (Å²) in [7, 11) is 0. The van der Waals surface area contributed by atoms with Crippen LogP contribution in [0.3, 0.4) is 0 Å². The molecule has 3 aromatic carbocycles. The standard InChI is InChI=1S/C30H31NO5/c32-18-17-31-16-15-26(33)30(35-21-22-8-2-1-3-9-22)28(31)29(36-27-12-6-7-19-34-27)25-14-13-23-10-4-5-11-24(23)20-25/h1-5,8-11,13-16,20,27,29,32H,6-7,12,17-19,21H2. The molecule has 1 aliphatic heterocycles. The van der Waals surface area contributed by atoms with Crippen LogP contribution in [0.4, 0.5) is 0 Å². The van der Waals surface area contributed by atoms with Crippen LogP contribution in [-0.2, 0) is 22.6 Å². The van der Waals surface area contributed by atoms with Crippen LogP contribution in [0.1, 0.15) is 42.2 Å². The minimum atomic E-state index is -0.621. The zero-order valence-electron chi connectivity index (χ0n) is 20.2. The van der Waals surface area contributed by atoms with Crippen molar-refractivity contribution in [3.05, 3.63) is 112 Å². The molecule has 36 heavy (non-hydrogen) atoms. The van der Waals surface area contributed by atoms with E-state index in [1.54, 1.807) is 6.20 Å². The fraction of sp³-hybridized carbons (Fsp3) is 0.300. The summed E-state index contributed by atoms with van der Waals surface area (Å²) in [6, 6.07) is 25.5. The summed E-state index contributed by atoms with van der Waals surface area (Å²) in [6.07, 6.45) is 3.49. The summed E-state index contributed by atoms with van der Waals surface area (Å²) in [6.45, 7) is 1.11. The highest BCUT2D eigenvalue weighted by atomic mass is 16.7. The molecule has 6 heteroatoms. The molecule has 5 rings (SSSR count). The Morgan fingerprint density at radius 3 is 2.56 bits per heavy atom. The first kappa shape index (κ1) is 24.3. The third-order valence-corrected chi connectivity index (χ3v) is 6.49. The minimum Gasteiger partial charge on any atom is -0.483 e. The average molecular weight is 486 g/mol. The molecule has 6 nitrogen and oxygen atoms in total. The lowest BCUT2D eigenvalue weighted by atomic mass is 10.00. The molecule has 2 heterocycles. The molecule has 1 aromatic heterocycles. The lowest BCUT2D eigenvalue weighted by Gasteiger charge is -2.30. The van der Waals surface area contributed by atoms with Crippen molar-refractivity contribution in [3.63, 3.8) is 0 Å². The van der Waals surface area contributed by atoms with Crippen LogP contribution in [0.25, 0.3) is 10.8 Å². The molecule has 0 aliphatic carbocycles. The molecule has 1 N–H and O–H groups in total. The number of aromatic nitrogens is 1. The van der Waals surface area contributed by atoms with Gasteiger partial charge in [0.25, 0.3) is 0 Å². The fourth-order valence-electron chi connectivity index (χ4n) is 4.66. The highest BCUT2D eigenvalue weighted by Crippen LogP contribution is 2.35. The molecule has 4 aromatic rings. The maximum absolute atomic E-state index is 13.2. The first-order chi connectivity index (χ1) is 17.7. The van der Waals surface area contributed by atoms with Gasteiger partial charge in [0.1, 0.15) is 12.7 Å². The van der Waals surface area contributed by atoms with E-state index >= 15 is 0 Å². The van der Waals surface area contributed by atoms with Gasteiger partial charge >= 0.3 is 0 Å². The van der Waals surface area contributed by atoms with Gasteiger partial charge in [-0.2, -0.15) is 0 Å². The van der Waals surface area contributed by atoms with Gasteiger partial charge < -0.3 is 23.9 Å². The second-order valence-corrected chi connectivity index (χ2v) is 9.00. The van der Waals surface area contributed by atoms with Crippen molar-refractivity contribution < 1.29 is 19.3 Å². The predicted molar refractivity (Wildman–Crippen MR) is 139 cm³/mol. The van der Waals surface area contributed by atoms with Crippen LogP contribution in [0.15, 0.2) is 89.9 Å². The third-order valence-electron chi connectivity index (χ3n) is 6.49. The van der Waals surface area contributed by atoms with Crippen molar-refractivity contribution in [2.24, 2.45) is 0 Å². The van der Waals surface area contributed by atoms with E-state index < -0.39 is 12.4 Å². The lowest BCUT2D eigenvalue weighted by molar-refractivity contribution is -0.182. The van der Waals surface area contributed by atoms with Gasteiger partial charge in [-0.05, 0) is 47.2 Å². The maximum atomic E-state index is 13.2. The maximum Gasteiger partial charge on any atom is 0.223 e. The van der Waals surface area contributed by atoms with Crippen LogP contribution in [-0.4, -0.2) is 29.2 Å². The second-order valence-electron chi connectivity index (χ2n) is 9.00. The Morgan fingerprint density at radius 2 is 1.78 bits per heavy atom. The van der Waals surface area contributed by atoms with E-state index in [-0.39, 0.29) is 24.4 Å². The van der Waals surface area contributed by atoms with E-state index in [2.05, 4.69) is 24.3 Å². The van der Waals surface area contributed by atoms with Crippen molar-refractivity contribution in [3.8, 4) is 5.75 Å². The van der Waals surface area contributed by atoms with E-state index in [1.807, 2.05) is 53.1 Å². The predicted octanol–water partition coefficient (Wildman–Crippen LogP) is 5.21. The number of ether oxygens (including phenoxy) is 3. The van der Waals surface area contributed by atoms with Crippen LogP contribution < -0.4 is 10.2 Å².